The van der Waals surface area contributed by atoms with E-state index in [-0.39, 0.29) is 24.4 Å². The van der Waals surface area contributed by atoms with Gasteiger partial charge in [-0.1, -0.05) is 29.7 Å². The van der Waals surface area contributed by atoms with Crippen molar-refractivity contribution in [1.29, 1.82) is 0 Å². The van der Waals surface area contributed by atoms with Crippen LogP contribution in [-0.4, -0.2) is 58.4 Å². The van der Waals surface area contributed by atoms with Gasteiger partial charge in [-0.3, -0.25) is 4.79 Å². The van der Waals surface area contributed by atoms with Gasteiger partial charge in [0.2, 0.25) is 5.89 Å². The van der Waals surface area contributed by atoms with Crippen LogP contribution in [0.5, 0.6) is 0 Å². The summed E-state index contributed by atoms with van der Waals surface area (Å²) in [7, 11) is 0. The quantitative estimate of drug-likeness (QED) is 0.526. The Morgan fingerprint density at radius 2 is 1.73 bits per heavy atom. The molecule has 33 heavy (non-hydrogen) atoms. The van der Waals surface area contributed by atoms with E-state index in [2.05, 4.69) is 20.4 Å². The molecule has 0 bridgehead atoms. The van der Waals surface area contributed by atoms with Crippen molar-refractivity contribution in [3.8, 4) is 11.5 Å². The molecule has 2 heterocycles. The van der Waals surface area contributed by atoms with E-state index in [4.69, 9.17) is 4.42 Å². The summed E-state index contributed by atoms with van der Waals surface area (Å²) in [6.45, 7) is 3.28. The van der Waals surface area contributed by atoms with Crippen molar-refractivity contribution in [2.24, 2.45) is 0 Å². The molecule has 1 aliphatic heterocycles. The topological polar surface area (TPSA) is 112 Å². The summed E-state index contributed by atoms with van der Waals surface area (Å²) in [5.74, 6) is 0.0123. The van der Waals surface area contributed by atoms with Gasteiger partial charge in [0, 0.05) is 23.4 Å². The molecule has 0 saturated carbocycles. The molecule has 1 aromatic heterocycles. The highest BCUT2D eigenvalue weighted by Gasteiger charge is 2.22. The van der Waals surface area contributed by atoms with Gasteiger partial charge in [0.05, 0.1) is 0 Å². The minimum Gasteiger partial charge on any atom is -0.465 e. The SMILES string of the molecule is O=C(Nc1ccc(-c2nnc(N(CCCN3CCCCC3)C(=O)O)o2)cc1)c1ccccc1. The zero-order chi connectivity index (χ0) is 23.0. The first-order valence-electron chi connectivity index (χ1n) is 11.1. The zero-order valence-corrected chi connectivity index (χ0v) is 18.3. The highest BCUT2D eigenvalue weighted by Crippen LogP contribution is 2.24. The molecular formula is C24H27N5O4. The Bertz CT molecular complexity index is 1060. The van der Waals surface area contributed by atoms with E-state index in [1.165, 1.54) is 19.3 Å². The second kappa shape index (κ2) is 10.7. The molecule has 2 N–H and O–H groups in total. The monoisotopic (exact) mass is 449 g/mol. The minimum absolute atomic E-state index is 0.0439. The second-order valence-electron chi connectivity index (χ2n) is 7.98. The average Bonchev–Trinajstić information content (AvgIpc) is 3.33. The largest absolute Gasteiger partial charge is 0.465 e. The lowest BCUT2D eigenvalue weighted by molar-refractivity contribution is 0.102. The number of amides is 2. The average molecular weight is 450 g/mol. The van der Waals surface area contributed by atoms with Gasteiger partial charge in [-0.2, -0.15) is 0 Å². The smallest absolute Gasteiger partial charge is 0.415 e. The third-order valence-corrected chi connectivity index (χ3v) is 5.61. The second-order valence-corrected chi connectivity index (χ2v) is 7.98. The fourth-order valence-electron chi connectivity index (χ4n) is 3.84. The van der Waals surface area contributed by atoms with Crippen LogP contribution in [0.3, 0.4) is 0 Å². The normalized spacial score (nSPS) is 14.1. The number of anilines is 2. The van der Waals surface area contributed by atoms with Crippen LogP contribution in [-0.2, 0) is 0 Å². The Morgan fingerprint density at radius 1 is 1.00 bits per heavy atom. The van der Waals surface area contributed by atoms with Gasteiger partial charge in [0.1, 0.15) is 0 Å². The number of aromatic nitrogens is 2. The number of carbonyl (C=O) groups excluding carboxylic acids is 1. The van der Waals surface area contributed by atoms with Crippen LogP contribution in [0.2, 0.25) is 0 Å². The Labute approximate surface area is 192 Å². The lowest BCUT2D eigenvalue weighted by Crippen LogP contribution is -2.35. The van der Waals surface area contributed by atoms with Gasteiger partial charge in [-0.15, -0.1) is 5.10 Å². The molecule has 9 heteroatoms. The number of likely N-dealkylation sites (tertiary alicyclic amines) is 1. The first-order valence-corrected chi connectivity index (χ1v) is 11.1. The van der Waals surface area contributed by atoms with Crippen LogP contribution in [0.1, 0.15) is 36.0 Å². The summed E-state index contributed by atoms with van der Waals surface area (Å²) in [4.78, 5) is 27.5. The molecule has 0 unspecified atom stereocenters. The van der Waals surface area contributed by atoms with Crippen LogP contribution in [0.25, 0.3) is 11.5 Å². The van der Waals surface area contributed by atoms with Crippen molar-refractivity contribution in [3.63, 3.8) is 0 Å². The molecule has 3 aromatic rings. The number of nitrogens with zero attached hydrogens (tertiary/aromatic N) is 4. The Balaban J connectivity index is 1.36. The van der Waals surface area contributed by atoms with Crippen LogP contribution < -0.4 is 10.2 Å². The highest BCUT2D eigenvalue weighted by molar-refractivity contribution is 6.04. The molecule has 0 spiro atoms. The molecule has 0 radical (unpaired) electrons. The molecule has 0 aliphatic carbocycles. The van der Waals surface area contributed by atoms with Gasteiger partial charge >= 0.3 is 12.1 Å². The molecule has 0 atom stereocenters. The fraction of sp³-hybridized carbons (Fsp3) is 0.333. The van der Waals surface area contributed by atoms with E-state index in [0.717, 1.165) is 24.5 Å². The summed E-state index contributed by atoms with van der Waals surface area (Å²) in [6.07, 6.45) is 3.24. The summed E-state index contributed by atoms with van der Waals surface area (Å²) in [6, 6.07) is 15.8. The zero-order valence-electron chi connectivity index (χ0n) is 18.3. The number of rotatable bonds is 8. The Morgan fingerprint density at radius 3 is 2.42 bits per heavy atom. The van der Waals surface area contributed by atoms with Crippen molar-refractivity contribution in [2.75, 3.05) is 36.4 Å². The van der Waals surface area contributed by atoms with Crippen molar-refractivity contribution in [1.82, 2.24) is 15.1 Å². The summed E-state index contributed by atoms with van der Waals surface area (Å²) >= 11 is 0. The first kappa shape index (κ1) is 22.5. The van der Waals surface area contributed by atoms with Crippen LogP contribution >= 0.6 is 0 Å². The van der Waals surface area contributed by atoms with E-state index < -0.39 is 6.09 Å². The van der Waals surface area contributed by atoms with E-state index in [9.17, 15) is 14.7 Å². The number of hydrogen-bond acceptors (Lipinski definition) is 6. The molecule has 1 saturated heterocycles. The van der Waals surface area contributed by atoms with Gasteiger partial charge in [0.15, 0.2) is 0 Å². The standard InChI is InChI=1S/C24H27N5O4/c30-21(18-8-3-1-4-9-18)25-20-12-10-19(11-13-20)22-26-27-23(33-22)29(24(31)32)17-7-16-28-14-5-2-6-15-28/h1,3-4,8-13H,2,5-7,14-17H2,(H,25,30)(H,31,32). The summed E-state index contributed by atoms with van der Waals surface area (Å²) < 4.78 is 5.65. The molecule has 4 rings (SSSR count). The minimum atomic E-state index is -1.12. The van der Waals surface area contributed by atoms with Gasteiger partial charge in [0.25, 0.3) is 5.91 Å². The Hall–Kier alpha value is -3.72. The van der Waals surface area contributed by atoms with Crippen LogP contribution in [0.4, 0.5) is 16.5 Å². The molecule has 2 aromatic carbocycles. The van der Waals surface area contributed by atoms with E-state index in [1.54, 1.807) is 48.5 Å². The number of nitrogens with one attached hydrogen (secondary N) is 1. The van der Waals surface area contributed by atoms with Gasteiger partial charge < -0.3 is 19.7 Å². The number of carboxylic acid groups (broad SMARTS) is 1. The number of piperidine rings is 1. The predicted molar refractivity (Wildman–Crippen MR) is 124 cm³/mol. The van der Waals surface area contributed by atoms with Crippen molar-refractivity contribution < 1.29 is 19.1 Å². The molecule has 2 amide bonds. The van der Waals surface area contributed by atoms with Crippen molar-refractivity contribution in [3.05, 3.63) is 60.2 Å². The molecule has 9 nitrogen and oxygen atoms in total. The molecule has 1 aliphatic rings. The maximum absolute atomic E-state index is 12.3. The Kier molecular flexibility index (Phi) is 7.31. The molecular weight excluding hydrogens is 422 g/mol. The van der Waals surface area contributed by atoms with Crippen molar-refractivity contribution in [2.45, 2.75) is 25.7 Å². The fourth-order valence-corrected chi connectivity index (χ4v) is 3.84. The van der Waals surface area contributed by atoms with Crippen LogP contribution in [0.15, 0.2) is 59.0 Å². The summed E-state index contributed by atoms with van der Waals surface area (Å²) in [5, 5.41) is 20.4. The third-order valence-electron chi connectivity index (χ3n) is 5.61. The molecule has 1 fully saturated rings. The third kappa shape index (κ3) is 5.95. The number of benzene rings is 2. The van der Waals surface area contributed by atoms with E-state index in [1.807, 2.05) is 6.07 Å². The van der Waals surface area contributed by atoms with Gasteiger partial charge in [-0.25, -0.2) is 9.69 Å². The van der Waals surface area contributed by atoms with Gasteiger partial charge in [-0.05, 0) is 75.3 Å². The molecule has 172 valence electrons. The van der Waals surface area contributed by atoms with Crippen molar-refractivity contribution >= 4 is 23.7 Å². The van der Waals surface area contributed by atoms with E-state index in [0.29, 0.717) is 23.2 Å². The highest BCUT2D eigenvalue weighted by atomic mass is 16.4. The van der Waals surface area contributed by atoms with Crippen LogP contribution in [0, 0.1) is 0 Å². The summed E-state index contributed by atoms with van der Waals surface area (Å²) in [5.41, 5.74) is 1.82. The number of carbonyl (C=O) groups is 2. The van der Waals surface area contributed by atoms with E-state index >= 15 is 0 Å². The lowest BCUT2D eigenvalue weighted by atomic mass is 10.1. The lowest BCUT2D eigenvalue weighted by Gasteiger charge is -2.26. The first-order chi connectivity index (χ1) is 16.1. The maximum atomic E-state index is 12.3. The maximum Gasteiger partial charge on any atom is 0.415 e. The predicted octanol–water partition coefficient (Wildman–Crippen LogP) is 4.35. The number of hydrogen-bond donors (Lipinski definition) is 2.